The van der Waals surface area contributed by atoms with E-state index in [0.717, 1.165) is 35.3 Å². The zero-order valence-electron chi connectivity index (χ0n) is 15.2. The molecule has 3 aromatic rings. The maximum Gasteiger partial charge on any atom is 0.407 e. The van der Waals surface area contributed by atoms with Gasteiger partial charge >= 0.3 is 6.09 Å². The second-order valence-electron chi connectivity index (χ2n) is 7.55. The quantitative estimate of drug-likeness (QED) is 0.759. The van der Waals surface area contributed by atoms with Crippen LogP contribution in [-0.2, 0) is 4.74 Å². The first-order valence-corrected chi connectivity index (χ1v) is 8.77. The summed E-state index contributed by atoms with van der Waals surface area (Å²) in [6.45, 7) is 7.00. The standard InChI is InChI=1S/C19H22N4O3/c1-19(2,3)26-18(24)22-12-8-9-23(10-12)17-16-15(20-11-21-17)13-6-4-5-7-14(13)25-16/h4-7,11-12H,8-10H2,1-3H3,(H,22,24). The third-order valence-electron chi connectivity index (χ3n) is 4.35. The summed E-state index contributed by atoms with van der Waals surface area (Å²) in [7, 11) is 0. The van der Waals surface area contributed by atoms with Gasteiger partial charge in [0.15, 0.2) is 11.4 Å². The highest BCUT2D eigenvalue weighted by Gasteiger charge is 2.29. The zero-order chi connectivity index (χ0) is 18.3. The molecule has 1 aliphatic heterocycles. The number of amides is 1. The van der Waals surface area contributed by atoms with Crippen LogP contribution in [0.15, 0.2) is 35.0 Å². The summed E-state index contributed by atoms with van der Waals surface area (Å²) in [4.78, 5) is 22.9. The molecule has 1 fully saturated rings. The maximum atomic E-state index is 12.0. The number of furan rings is 1. The molecule has 4 rings (SSSR count). The molecule has 1 atom stereocenters. The molecule has 0 aliphatic carbocycles. The van der Waals surface area contributed by atoms with Gasteiger partial charge in [-0.3, -0.25) is 0 Å². The smallest absolute Gasteiger partial charge is 0.407 e. The monoisotopic (exact) mass is 354 g/mol. The van der Waals surface area contributed by atoms with Crippen molar-refractivity contribution in [2.45, 2.75) is 38.8 Å². The zero-order valence-corrected chi connectivity index (χ0v) is 15.2. The highest BCUT2D eigenvalue weighted by Crippen LogP contribution is 2.33. The van der Waals surface area contributed by atoms with Gasteiger partial charge < -0.3 is 19.4 Å². The number of nitrogens with zero attached hydrogens (tertiary/aromatic N) is 3. The largest absolute Gasteiger partial charge is 0.450 e. The summed E-state index contributed by atoms with van der Waals surface area (Å²) in [5, 5.41) is 3.91. The highest BCUT2D eigenvalue weighted by atomic mass is 16.6. The molecular formula is C19H22N4O3. The lowest BCUT2D eigenvalue weighted by Crippen LogP contribution is -2.40. The van der Waals surface area contributed by atoms with E-state index in [0.29, 0.717) is 12.1 Å². The summed E-state index contributed by atoms with van der Waals surface area (Å²) >= 11 is 0. The Hall–Kier alpha value is -2.83. The molecule has 1 aliphatic rings. The SMILES string of the molecule is CC(C)(C)OC(=O)NC1CCN(c2ncnc3c2oc2ccccc23)C1. The van der Waals surface area contributed by atoms with Gasteiger partial charge in [0.2, 0.25) is 0 Å². The average molecular weight is 354 g/mol. The number of para-hydroxylation sites is 1. The van der Waals surface area contributed by atoms with Gasteiger partial charge in [0.25, 0.3) is 0 Å². The van der Waals surface area contributed by atoms with E-state index in [2.05, 4.69) is 20.2 Å². The van der Waals surface area contributed by atoms with Crippen molar-refractivity contribution in [2.24, 2.45) is 0 Å². The first kappa shape index (κ1) is 16.6. The number of hydrogen-bond donors (Lipinski definition) is 1. The Bertz CT molecular complexity index is 960. The van der Waals surface area contributed by atoms with Crippen molar-refractivity contribution in [3.05, 3.63) is 30.6 Å². The van der Waals surface area contributed by atoms with E-state index < -0.39 is 5.60 Å². The molecule has 1 amide bonds. The van der Waals surface area contributed by atoms with Crippen molar-refractivity contribution in [1.82, 2.24) is 15.3 Å². The van der Waals surface area contributed by atoms with Crippen molar-refractivity contribution >= 4 is 34.0 Å². The van der Waals surface area contributed by atoms with E-state index in [1.807, 2.05) is 45.0 Å². The lowest BCUT2D eigenvalue weighted by Gasteiger charge is -2.22. The molecule has 2 aromatic heterocycles. The number of carbonyl (C=O) groups is 1. The minimum Gasteiger partial charge on any atom is -0.450 e. The normalized spacial score (nSPS) is 17.8. The third-order valence-corrected chi connectivity index (χ3v) is 4.35. The molecule has 0 saturated carbocycles. The molecule has 1 aromatic carbocycles. The topological polar surface area (TPSA) is 80.5 Å². The molecular weight excluding hydrogens is 332 g/mol. The lowest BCUT2D eigenvalue weighted by molar-refractivity contribution is 0.0509. The molecule has 7 nitrogen and oxygen atoms in total. The van der Waals surface area contributed by atoms with Crippen LogP contribution in [0.2, 0.25) is 0 Å². The first-order chi connectivity index (χ1) is 12.4. The van der Waals surface area contributed by atoms with E-state index in [9.17, 15) is 4.79 Å². The number of ether oxygens (including phenoxy) is 1. The Balaban J connectivity index is 1.55. The van der Waals surface area contributed by atoms with E-state index in [1.165, 1.54) is 0 Å². The predicted molar refractivity (Wildman–Crippen MR) is 99.3 cm³/mol. The second-order valence-corrected chi connectivity index (χ2v) is 7.55. The number of rotatable bonds is 2. The lowest BCUT2D eigenvalue weighted by atomic mass is 10.2. The van der Waals surface area contributed by atoms with E-state index in [-0.39, 0.29) is 12.1 Å². The van der Waals surface area contributed by atoms with E-state index in [1.54, 1.807) is 6.33 Å². The van der Waals surface area contributed by atoms with Gasteiger partial charge in [-0.1, -0.05) is 12.1 Å². The van der Waals surface area contributed by atoms with Crippen LogP contribution in [-0.4, -0.2) is 40.8 Å². The minimum absolute atomic E-state index is 0.0132. The van der Waals surface area contributed by atoms with Gasteiger partial charge in [0.05, 0.1) is 6.04 Å². The molecule has 3 heterocycles. The van der Waals surface area contributed by atoms with Crippen LogP contribution in [0.1, 0.15) is 27.2 Å². The number of carbonyl (C=O) groups excluding carboxylic acids is 1. The Morgan fingerprint density at radius 3 is 2.92 bits per heavy atom. The predicted octanol–water partition coefficient (Wildman–Crippen LogP) is 3.48. The van der Waals surface area contributed by atoms with Gasteiger partial charge in [-0.15, -0.1) is 0 Å². The third kappa shape index (κ3) is 3.16. The number of alkyl carbamates (subject to hydrolysis) is 1. The van der Waals surface area contributed by atoms with Gasteiger partial charge in [-0.2, -0.15) is 0 Å². The van der Waals surface area contributed by atoms with Crippen molar-refractivity contribution in [2.75, 3.05) is 18.0 Å². The summed E-state index contributed by atoms with van der Waals surface area (Å²) in [6, 6.07) is 7.84. The van der Waals surface area contributed by atoms with E-state index >= 15 is 0 Å². The molecule has 1 N–H and O–H groups in total. The number of benzene rings is 1. The molecule has 7 heteroatoms. The number of anilines is 1. The number of fused-ring (bicyclic) bond motifs is 3. The van der Waals surface area contributed by atoms with Crippen LogP contribution in [0, 0.1) is 0 Å². The maximum absolute atomic E-state index is 12.0. The average Bonchev–Trinajstić information content (AvgIpc) is 3.17. The first-order valence-electron chi connectivity index (χ1n) is 8.77. The fraction of sp³-hybridized carbons (Fsp3) is 0.421. The molecule has 0 bridgehead atoms. The molecule has 136 valence electrons. The summed E-state index contributed by atoms with van der Waals surface area (Å²) in [6.07, 6.45) is 2.00. The van der Waals surface area contributed by atoms with Crippen LogP contribution in [0.4, 0.5) is 10.6 Å². The molecule has 26 heavy (non-hydrogen) atoms. The van der Waals surface area contributed by atoms with Crippen LogP contribution < -0.4 is 10.2 Å². The Kier molecular flexibility index (Phi) is 3.94. The summed E-state index contributed by atoms with van der Waals surface area (Å²) in [5.74, 6) is 0.764. The van der Waals surface area contributed by atoms with Crippen LogP contribution in [0.5, 0.6) is 0 Å². The fourth-order valence-corrected chi connectivity index (χ4v) is 3.28. The van der Waals surface area contributed by atoms with Crippen molar-refractivity contribution in [3.63, 3.8) is 0 Å². The number of hydrogen-bond acceptors (Lipinski definition) is 6. The Labute approximate surface area is 151 Å². The Morgan fingerprint density at radius 1 is 1.31 bits per heavy atom. The molecule has 0 radical (unpaired) electrons. The summed E-state index contributed by atoms with van der Waals surface area (Å²) < 4.78 is 11.3. The highest BCUT2D eigenvalue weighted by molar-refractivity contribution is 6.05. The number of aromatic nitrogens is 2. The van der Waals surface area contributed by atoms with Crippen LogP contribution >= 0.6 is 0 Å². The fourth-order valence-electron chi connectivity index (χ4n) is 3.28. The summed E-state index contributed by atoms with van der Waals surface area (Å²) in [5.41, 5.74) is 1.79. The molecule has 0 spiro atoms. The molecule has 1 saturated heterocycles. The van der Waals surface area contributed by atoms with Crippen molar-refractivity contribution < 1.29 is 13.9 Å². The van der Waals surface area contributed by atoms with E-state index in [4.69, 9.17) is 9.15 Å². The van der Waals surface area contributed by atoms with Crippen molar-refractivity contribution in [1.29, 1.82) is 0 Å². The number of nitrogens with one attached hydrogen (secondary N) is 1. The van der Waals surface area contributed by atoms with Crippen LogP contribution in [0.25, 0.3) is 22.1 Å². The van der Waals surface area contributed by atoms with Crippen LogP contribution in [0.3, 0.4) is 0 Å². The van der Waals surface area contributed by atoms with Gasteiger partial charge in [-0.05, 0) is 39.3 Å². The van der Waals surface area contributed by atoms with Gasteiger partial charge in [0.1, 0.15) is 23.0 Å². The van der Waals surface area contributed by atoms with Gasteiger partial charge in [0, 0.05) is 18.5 Å². The van der Waals surface area contributed by atoms with Gasteiger partial charge in [-0.25, -0.2) is 14.8 Å². The molecule has 1 unspecified atom stereocenters. The Morgan fingerprint density at radius 2 is 2.12 bits per heavy atom. The second kappa shape index (κ2) is 6.16. The minimum atomic E-state index is -0.504. The van der Waals surface area contributed by atoms with Crippen molar-refractivity contribution in [3.8, 4) is 0 Å².